The highest BCUT2D eigenvalue weighted by molar-refractivity contribution is 5.85. The van der Waals surface area contributed by atoms with Crippen LogP contribution in [0.1, 0.15) is 90.9 Å². The van der Waals surface area contributed by atoms with Crippen LogP contribution in [-0.4, -0.2) is 47.6 Å². The summed E-state index contributed by atoms with van der Waals surface area (Å²) in [6, 6.07) is 0.959. The molecule has 5 saturated carbocycles. The molecule has 0 aromatic heterocycles. The quantitative estimate of drug-likeness (QED) is 0.516. The van der Waals surface area contributed by atoms with Crippen molar-refractivity contribution >= 4 is 18.4 Å². The van der Waals surface area contributed by atoms with Gasteiger partial charge in [0.15, 0.2) is 0 Å². The number of fused-ring (bicyclic) bond motifs is 5. The Labute approximate surface area is 206 Å². The summed E-state index contributed by atoms with van der Waals surface area (Å²) >= 11 is 0. The van der Waals surface area contributed by atoms with E-state index < -0.39 is 12.2 Å². The lowest BCUT2D eigenvalue weighted by atomic mass is 9.43. The van der Waals surface area contributed by atoms with Crippen LogP contribution in [0.15, 0.2) is 0 Å². The second-order valence-corrected chi connectivity index (χ2v) is 12.6. The monoisotopic (exact) mass is 483 g/mol. The van der Waals surface area contributed by atoms with E-state index >= 15 is 0 Å². The second-order valence-electron chi connectivity index (χ2n) is 12.6. The minimum absolute atomic E-state index is 0. The van der Waals surface area contributed by atoms with E-state index in [4.69, 9.17) is 4.74 Å². The van der Waals surface area contributed by atoms with Gasteiger partial charge in [-0.3, -0.25) is 4.79 Å². The summed E-state index contributed by atoms with van der Waals surface area (Å²) in [6.45, 7) is 4.81. The van der Waals surface area contributed by atoms with Gasteiger partial charge in [0.1, 0.15) is 0 Å². The van der Waals surface area contributed by atoms with E-state index in [2.05, 4.69) is 19.2 Å². The van der Waals surface area contributed by atoms with Crippen molar-refractivity contribution in [3.63, 3.8) is 0 Å². The molecule has 190 valence electrons. The van der Waals surface area contributed by atoms with Gasteiger partial charge in [-0.25, -0.2) is 0 Å². The standard InChI is InChI=1S/C27H45NO4.ClH/c1-26-15-23(30)22(29)13-16(26)9-10-18-19-11-12-20(25(31)32-3)27(19,2)14-21(24(18)26)28-17-7-5-4-6-8-17;/h16-24,28-30H,4-15H2,1-3H3;1H/t16-,18-,19-,20+,21+,22-,23-,24+,26-,27-;/m0./s1. The molecule has 10 atom stereocenters. The van der Waals surface area contributed by atoms with Gasteiger partial charge in [0.05, 0.1) is 25.2 Å². The predicted molar refractivity (Wildman–Crippen MR) is 131 cm³/mol. The number of hydrogen-bond acceptors (Lipinski definition) is 5. The van der Waals surface area contributed by atoms with E-state index in [1.165, 1.54) is 38.5 Å². The maximum Gasteiger partial charge on any atom is 0.309 e. The first-order valence-corrected chi connectivity index (χ1v) is 13.5. The highest BCUT2D eigenvalue weighted by Crippen LogP contribution is 2.67. The van der Waals surface area contributed by atoms with E-state index in [0.29, 0.717) is 42.2 Å². The summed E-state index contributed by atoms with van der Waals surface area (Å²) in [6.07, 6.45) is 12.2. The Bertz CT molecular complexity index is 714. The number of ether oxygens (including phenoxy) is 1. The maximum absolute atomic E-state index is 12.8. The number of carbonyl (C=O) groups excluding carboxylic acids is 1. The molecule has 5 aliphatic carbocycles. The average molecular weight is 484 g/mol. The van der Waals surface area contributed by atoms with Crippen LogP contribution in [0.2, 0.25) is 0 Å². The predicted octanol–water partition coefficient (Wildman–Crippen LogP) is 4.47. The number of aliphatic hydroxyl groups is 2. The van der Waals surface area contributed by atoms with E-state index in [9.17, 15) is 15.0 Å². The molecule has 6 heteroatoms. The smallest absolute Gasteiger partial charge is 0.309 e. The fourth-order valence-corrected chi connectivity index (χ4v) is 9.72. The average Bonchev–Trinajstić information content (AvgIpc) is 3.11. The van der Waals surface area contributed by atoms with Crippen molar-refractivity contribution in [1.29, 1.82) is 0 Å². The Balaban J connectivity index is 0.00000259. The first-order chi connectivity index (χ1) is 15.3. The van der Waals surface area contributed by atoms with Crippen LogP contribution in [0.4, 0.5) is 0 Å². The van der Waals surface area contributed by atoms with E-state index in [0.717, 1.165) is 32.1 Å². The van der Waals surface area contributed by atoms with E-state index in [1.54, 1.807) is 7.11 Å². The lowest BCUT2D eigenvalue weighted by molar-refractivity contribution is -0.175. The van der Waals surface area contributed by atoms with Crippen LogP contribution < -0.4 is 5.32 Å². The molecule has 0 aliphatic heterocycles. The molecule has 0 aromatic rings. The Morgan fingerprint density at radius 3 is 2.33 bits per heavy atom. The summed E-state index contributed by atoms with van der Waals surface area (Å²) in [5.74, 6) is 2.15. The summed E-state index contributed by atoms with van der Waals surface area (Å²) in [5, 5.41) is 25.3. The molecular weight excluding hydrogens is 438 g/mol. The van der Waals surface area contributed by atoms with Gasteiger partial charge in [-0.05, 0) is 92.3 Å². The molecule has 0 spiro atoms. The Morgan fingerprint density at radius 2 is 1.64 bits per heavy atom. The molecule has 5 rings (SSSR count). The molecule has 0 amide bonds. The first kappa shape index (κ1) is 25.7. The fourth-order valence-electron chi connectivity index (χ4n) is 9.72. The van der Waals surface area contributed by atoms with Crippen LogP contribution >= 0.6 is 12.4 Å². The summed E-state index contributed by atoms with van der Waals surface area (Å²) in [5.41, 5.74) is 0.0508. The minimum Gasteiger partial charge on any atom is -0.469 e. The van der Waals surface area contributed by atoms with Gasteiger partial charge in [0, 0.05) is 12.1 Å². The maximum atomic E-state index is 12.8. The lowest BCUT2D eigenvalue weighted by Gasteiger charge is -2.64. The minimum atomic E-state index is -0.606. The van der Waals surface area contributed by atoms with E-state index in [-0.39, 0.29) is 35.1 Å². The molecule has 5 fully saturated rings. The molecule has 5 nitrogen and oxygen atoms in total. The number of methoxy groups -OCH3 is 1. The van der Waals surface area contributed by atoms with Gasteiger partial charge in [-0.15, -0.1) is 12.4 Å². The number of halogens is 1. The van der Waals surface area contributed by atoms with Gasteiger partial charge >= 0.3 is 5.97 Å². The molecule has 0 unspecified atom stereocenters. The number of carbonyl (C=O) groups is 1. The second kappa shape index (κ2) is 9.59. The topological polar surface area (TPSA) is 78.8 Å². The van der Waals surface area contributed by atoms with Gasteiger partial charge in [0.2, 0.25) is 0 Å². The molecule has 0 bridgehead atoms. The molecule has 33 heavy (non-hydrogen) atoms. The largest absolute Gasteiger partial charge is 0.469 e. The molecule has 5 aliphatic rings. The van der Waals surface area contributed by atoms with Crippen molar-refractivity contribution in [1.82, 2.24) is 5.32 Å². The zero-order chi connectivity index (χ0) is 22.7. The molecular formula is C27H46ClNO4. The highest BCUT2D eigenvalue weighted by Gasteiger charge is 2.65. The first-order valence-electron chi connectivity index (χ1n) is 13.5. The SMILES string of the molecule is COC(=O)[C@H]1CC[C@H]2[C@@H]3CC[C@H]4C[C@H](O)[C@@H](O)C[C@]4(C)[C@H]3[C@H](NC3CCCCC3)C[C@]12C.Cl. The van der Waals surface area contributed by atoms with Crippen molar-refractivity contribution in [3.8, 4) is 0 Å². The Morgan fingerprint density at radius 1 is 0.909 bits per heavy atom. The molecule has 0 heterocycles. The molecule has 0 aromatic carbocycles. The third kappa shape index (κ3) is 4.17. The van der Waals surface area contributed by atoms with Gasteiger partial charge in [-0.1, -0.05) is 33.1 Å². The number of esters is 1. The van der Waals surface area contributed by atoms with Crippen molar-refractivity contribution in [2.45, 2.75) is 115 Å². The van der Waals surface area contributed by atoms with Crippen LogP contribution in [0.25, 0.3) is 0 Å². The van der Waals surface area contributed by atoms with Crippen LogP contribution in [-0.2, 0) is 9.53 Å². The zero-order valence-corrected chi connectivity index (χ0v) is 21.6. The van der Waals surface area contributed by atoms with Gasteiger partial charge in [-0.2, -0.15) is 0 Å². The lowest BCUT2D eigenvalue weighted by Crippen LogP contribution is -2.64. The van der Waals surface area contributed by atoms with Crippen LogP contribution in [0.3, 0.4) is 0 Å². The third-order valence-corrected chi connectivity index (χ3v) is 11.2. The molecule has 0 saturated heterocycles. The number of nitrogens with one attached hydrogen (secondary N) is 1. The van der Waals surface area contributed by atoms with Crippen LogP contribution in [0, 0.1) is 40.4 Å². The summed E-state index contributed by atoms with van der Waals surface area (Å²) in [4.78, 5) is 12.8. The zero-order valence-electron chi connectivity index (χ0n) is 20.8. The van der Waals surface area contributed by atoms with Crippen molar-refractivity contribution in [3.05, 3.63) is 0 Å². The summed E-state index contributed by atoms with van der Waals surface area (Å²) < 4.78 is 5.28. The van der Waals surface area contributed by atoms with Crippen molar-refractivity contribution in [2.24, 2.45) is 40.4 Å². The van der Waals surface area contributed by atoms with Crippen molar-refractivity contribution in [2.75, 3.05) is 7.11 Å². The molecule has 3 N–H and O–H groups in total. The fraction of sp³-hybridized carbons (Fsp3) is 0.963. The Hall–Kier alpha value is -0.360. The van der Waals surface area contributed by atoms with Crippen LogP contribution in [0.5, 0.6) is 0 Å². The van der Waals surface area contributed by atoms with Crippen molar-refractivity contribution < 1.29 is 19.7 Å². The third-order valence-electron chi connectivity index (χ3n) is 11.2. The van der Waals surface area contributed by atoms with Gasteiger partial charge < -0.3 is 20.3 Å². The normalized spacial score (nSPS) is 49.8. The Kier molecular flexibility index (Phi) is 7.48. The van der Waals surface area contributed by atoms with E-state index in [1.807, 2.05) is 0 Å². The highest BCUT2D eigenvalue weighted by atomic mass is 35.5. The molecule has 0 radical (unpaired) electrons. The van der Waals surface area contributed by atoms with Gasteiger partial charge in [0.25, 0.3) is 0 Å². The number of aliphatic hydroxyl groups excluding tert-OH is 2. The summed E-state index contributed by atoms with van der Waals surface area (Å²) in [7, 11) is 1.55. The number of hydrogen-bond donors (Lipinski definition) is 3. The number of rotatable bonds is 3.